The molecule has 0 amide bonds. The van der Waals surface area contributed by atoms with E-state index in [2.05, 4.69) is 57.3 Å². The van der Waals surface area contributed by atoms with Crippen LogP contribution in [0.15, 0.2) is 33.3 Å². The molecule has 2 aromatic heterocycles. The number of halogens is 2. The standard InChI is InChI=1S/C11H8Br2N6/c12-5-1-2-8(7(13)3-5)16-9-6-4-15-19-10(6)18-11(14)17-9/h1-4H,(H4,14,15,16,17,18,19). The number of nitrogens with zero attached hydrogens (tertiary/aromatic N) is 3. The number of nitrogens with one attached hydrogen (secondary N) is 2. The van der Waals surface area contributed by atoms with Crippen LogP contribution in [0.1, 0.15) is 0 Å². The van der Waals surface area contributed by atoms with Crippen molar-refractivity contribution in [3.63, 3.8) is 0 Å². The summed E-state index contributed by atoms with van der Waals surface area (Å²) < 4.78 is 1.90. The molecule has 8 heteroatoms. The topological polar surface area (TPSA) is 92.5 Å². The van der Waals surface area contributed by atoms with E-state index < -0.39 is 0 Å². The lowest BCUT2D eigenvalue weighted by atomic mass is 10.3. The molecule has 2 heterocycles. The number of H-pyrrole nitrogens is 1. The zero-order chi connectivity index (χ0) is 13.4. The summed E-state index contributed by atoms with van der Waals surface area (Å²) in [6.07, 6.45) is 1.66. The van der Waals surface area contributed by atoms with E-state index in [1.807, 2.05) is 18.2 Å². The molecule has 0 fully saturated rings. The van der Waals surface area contributed by atoms with Gasteiger partial charge in [0.1, 0.15) is 5.82 Å². The van der Waals surface area contributed by atoms with Crippen molar-refractivity contribution in [1.29, 1.82) is 0 Å². The highest BCUT2D eigenvalue weighted by atomic mass is 79.9. The second kappa shape index (κ2) is 4.78. The van der Waals surface area contributed by atoms with Crippen molar-refractivity contribution in [2.45, 2.75) is 0 Å². The van der Waals surface area contributed by atoms with Gasteiger partial charge in [0.15, 0.2) is 5.65 Å². The van der Waals surface area contributed by atoms with E-state index in [1.165, 1.54) is 0 Å². The van der Waals surface area contributed by atoms with Gasteiger partial charge in [-0.25, -0.2) is 0 Å². The Morgan fingerprint density at radius 1 is 1.21 bits per heavy atom. The van der Waals surface area contributed by atoms with Crippen molar-refractivity contribution in [2.75, 3.05) is 11.1 Å². The number of hydrogen-bond acceptors (Lipinski definition) is 5. The van der Waals surface area contributed by atoms with Crippen molar-refractivity contribution in [1.82, 2.24) is 20.2 Å². The zero-order valence-corrected chi connectivity index (χ0v) is 12.7. The maximum absolute atomic E-state index is 5.67. The van der Waals surface area contributed by atoms with Crippen LogP contribution in [-0.4, -0.2) is 20.2 Å². The van der Waals surface area contributed by atoms with Crippen molar-refractivity contribution >= 4 is 60.3 Å². The maximum Gasteiger partial charge on any atom is 0.224 e. The van der Waals surface area contributed by atoms with Gasteiger partial charge in [-0.3, -0.25) is 5.10 Å². The monoisotopic (exact) mass is 382 g/mol. The first-order valence-electron chi connectivity index (χ1n) is 5.32. The number of nitrogen functional groups attached to an aromatic ring is 1. The van der Waals surface area contributed by atoms with Crippen LogP contribution in [0.25, 0.3) is 11.0 Å². The Balaban J connectivity index is 2.07. The summed E-state index contributed by atoms with van der Waals surface area (Å²) in [5.41, 5.74) is 7.15. The molecule has 0 radical (unpaired) electrons. The molecule has 0 spiro atoms. The number of aromatic amines is 1. The summed E-state index contributed by atoms with van der Waals surface area (Å²) in [6, 6.07) is 5.81. The van der Waals surface area contributed by atoms with Crippen LogP contribution in [0.4, 0.5) is 17.5 Å². The van der Waals surface area contributed by atoms with Gasteiger partial charge in [-0.05, 0) is 34.1 Å². The Morgan fingerprint density at radius 2 is 2.05 bits per heavy atom. The smallest absolute Gasteiger partial charge is 0.224 e. The molecule has 6 nitrogen and oxygen atoms in total. The lowest BCUT2D eigenvalue weighted by Crippen LogP contribution is -2.01. The van der Waals surface area contributed by atoms with E-state index in [9.17, 15) is 0 Å². The summed E-state index contributed by atoms with van der Waals surface area (Å²) in [5, 5.41) is 10.7. The summed E-state index contributed by atoms with van der Waals surface area (Å²) >= 11 is 6.90. The Bertz CT molecular complexity index is 754. The van der Waals surface area contributed by atoms with Gasteiger partial charge in [0, 0.05) is 8.95 Å². The number of benzene rings is 1. The van der Waals surface area contributed by atoms with Crippen LogP contribution in [0.5, 0.6) is 0 Å². The normalized spacial score (nSPS) is 10.8. The highest BCUT2D eigenvalue weighted by molar-refractivity contribution is 9.11. The molecule has 0 atom stereocenters. The predicted molar refractivity (Wildman–Crippen MR) is 81.2 cm³/mol. The minimum atomic E-state index is 0.187. The zero-order valence-electron chi connectivity index (χ0n) is 9.48. The number of anilines is 3. The van der Waals surface area contributed by atoms with E-state index in [1.54, 1.807) is 6.20 Å². The lowest BCUT2D eigenvalue weighted by molar-refractivity contribution is 1.09. The first kappa shape index (κ1) is 12.4. The fourth-order valence-electron chi connectivity index (χ4n) is 1.67. The molecule has 0 aliphatic rings. The van der Waals surface area contributed by atoms with E-state index in [4.69, 9.17) is 5.73 Å². The van der Waals surface area contributed by atoms with Gasteiger partial charge in [-0.2, -0.15) is 15.1 Å². The van der Waals surface area contributed by atoms with Crippen LogP contribution in [0.2, 0.25) is 0 Å². The van der Waals surface area contributed by atoms with Gasteiger partial charge in [0.05, 0.1) is 17.3 Å². The molecule has 0 unspecified atom stereocenters. The summed E-state index contributed by atoms with van der Waals surface area (Å²) in [5.74, 6) is 0.798. The highest BCUT2D eigenvalue weighted by Gasteiger charge is 2.09. The lowest BCUT2D eigenvalue weighted by Gasteiger charge is -2.09. The van der Waals surface area contributed by atoms with Crippen molar-refractivity contribution in [2.24, 2.45) is 0 Å². The van der Waals surface area contributed by atoms with Crippen molar-refractivity contribution in [3.05, 3.63) is 33.3 Å². The van der Waals surface area contributed by atoms with Gasteiger partial charge < -0.3 is 11.1 Å². The summed E-state index contributed by atoms with van der Waals surface area (Å²) in [6.45, 7) is 0. The molecule has 0 aliphatic carbocycles. The molecule has 0 saturated carbocycles. The fraction of sp³-hybridized carbons (Fsp3) is 0. The predicted octanol–water partition coefficient (Wildman–Crippen LogP) is 3.20. The third kappa shape index (κ3) is 2.41. The fourth-order valence-corrected chi connectivity index (χ4v) is 2.81. The molecule has 96 valence electrons. The third-order valence-electron chi connectivity index (χ3n) is 2.51. The Hall–Kier alpha value is -1.67. The second-order valence-electron chi connectivity index (χ2n) is 3.81. The molecular formula is C11H8Br2N6. The van der Waals surface area contributed by atoms with Crippen LogP contribution < -0.4 is 11.1 Å². The quantitative estimate of drug-likeness (QED) is 0.631. The van der Waals surface area contributed by atoms with Gasteiger partial charge in [0.2, 0.25) is 5.95 Å². The number of fused-ring (bicyclic) bond motifs is 1. The molecule has 0 aliphatic heterocycles. The average Bonchev–Trinajstić information content (AvgIpc) is 2.80. The number of nitrogens with two attached hydrogens (primary N) is 1. The largest absolute Gasteiger partial charge is 0.368 e. The number of hydrogen-bond donors (Lipinski definition) is 3. The van der Waals surface area contributed by atoms with Crippen LogP contribution in [0.3, 0.4) is 0 Å². The van der Waals surface area contributed by atoms with Crippen molar-refractivity contribution in [3.8, 4) is 0 Å². The summed E-state index contributed by atoms with van der Waals surface area (Å²) in [4.78, 5) is 8.26. The van der Waals surface area contributed by atoms with Gasteiger partial charge in [-0.1, -0.05) is 15.9 Å². The molecule has 0 bridgehead atoms. The molecular weight excluding hydrogens is 376 g/mol. The molecule has 19 heavy (non-hydrogen) atoms. The van der Waals surface area contributed by atoms with E-state index in [0.29, 0.717) is 11.5 Å². The Kier molecular flexibility index (Phi) is 3.11. The van der Waals surface area contributed by atoms with Gasteiger partial charge in [-0.15, -0.1) is 0 Å². The molecule has 3 aromatic rings. The Labute approximate surface area is 125 Å². The van der Waals surface area contributed by atoms with Crippen LogP contribution in [0, 0.1) is 0 Å². The van der Waals surface area contributed by atoms with Gasteiger partial charge in [0.25, 0.3) is 0 Å². The van der Waals surface area contributed by atoms with E-state index in [-0.39, 0.29) is 5.95 Å². The molecule has 3 rings (SSSR count). The SMILES string of the molecule is Nc1nc(Nc2ccc(Br)cc2Br)c2cn[nH]c2n1. The molecule has 4 N–H and O–H groups in total. The summed E-state index contributed by atoms with van der Waals surface area (Å²) in [7, 11) is 0. The minimum Gasteiger partial charge on any atom is -0.368 e. The first-order valence-corrected chi connectivity index (χ1v) is 6.91. The van der Waals surface area contributed by atoms with Crippen LogP contribution >= 0.6 is 31.9 Å². The van der Waals surface area contributed by atoms with E-state index in [0.717, 1.165) is 20.0 Å². The molecule has 0 saturated heterocycles. The average molecular weight is 384 g/mol. The van der Waals surface area contributed by atoms with Crippen LogP contribution in [-0.2, 0) is 0 Å². The number of rotatable bonds is 2. The first-order chi connectivity index (χ1) is 9.13. The van der Waals surface area contributed by atoms with E-state index >= 15 is 0 Å². The van der Waals surface area contributed by atoms with Gasteiger partial charge >= 0.3 is 0 Å². The second-order valence-corrected chi connectivity index (χ2v) is 5.58. The maximum atomic E-state index is 5.67. The molecule has 1 aromatic carbocycles. The third-order valence-corrected chi connectivity index (χ3v) is 3.66. The highest BCUT2D eigenvalue weighted by Crippen LogP contribution is 2.30. The Morgan fingerprint density at radius 3 is 2.84 bits per heavy atom. The number of aromatic nitrogens is 4. The van der Waals surface area contributed by atoms with Crippen molar-refractivity contribution < 1.29 is 0 Å². The minimum absolute atomic E-state index is 0.187.